The van der Waals surface area contributed by atoms with E-state index in [0.29, 0.717) is 5.56 Å². The number of nitrogens with zero attached hydrogens (tertiary/aromatic N) is 1. The highest BCUT2D eigenvalue weighted by Crippen LogP contribution is 2.28. The van der Waals surface area contributed by atoms with Gasteiger partial charge in [0, 0.05) is 18.0 Å². The average molecular weight is 408 g/mol. The van der Waals surface area contributed by atoms with Crippen molar-refractivity contribution in [3.8, 4) is 11.1 Å². The van der Waals surface area contributed by atoms with Gasteiger partial charge in [0.1, 0.15) is 6.04 Å². The monoisotopic (exact) mass is 408 g/mol. The largest absolute Gasteiger partial charge is 0.481 e. The van der Waals surface area contributed by atoms with Crippen LogP contribution in [-0.2, 0) is 9.59 Å². The second kappa shape index (κ2) is 10.1. The number of rotatable bonds is 8. The third-order valence-electron chi connectivity index (χ3n) is 5.74. The van der Waals surface area contributed by atoms with Crippen LogP contribution in [0.1, 0.15) is 55.3 Å². The summed E-state index contributed by atoms with van der Waals surface area (Å²) in [5.41, 5.74) is 8.14. The fourth-order valence-electron chi connectivity index (χ4n) is 4.18. The Morgan fingerprint density at radius 3 is 2.10 bits per heavy atom. The van der Waals surface area contributed by atoms with Gasteiger partial charge in [-0.15, -0.1) is 0 Å². The number of nitrogens with two attached hydrogens (primary N) is 1. The van der Waals surface area contributed by atoms with Crippen molar-refractivity contribution in [1.82, 2.24) is 4.90 Å². The van der Waals surface area contributed by atoms with Crippen LogP contribution in [0.25, 0.3) is 11.1 Å². The first-order chi connectivity index (χ1) is 14.5. The van der Waals surface area contributed by atoms with E-state index in [1.54, 1.807) is 17.0 Å². The summed E-state index contributed by atoms with van der Waals surface area (Å²) in [6, 6.07) is 16.1. The number of hydrogen-bond donors (Lipinski definition) is 2. The maximum atomic E-state index is 13.5. The van der Waals surface area contributed by atoms with Crippen LogP contribution in [0, 0.1) is 0 Å². The normalized spacial score (nSPS) is 15.3. The van der Waals surface area contributed by atoms with Crippen LogP contribution in [0.2, 0.25) is 0 Å². The minimum Gasteiger partial charge on any atom is -0.481 e. The molecule has 158 valence electrons. The van der Waals surface area contributed by atoms with Gasteiger partial charge >= 0.3 is 5.97 Å². The van der Waals surface area contributed by atoms with Gasteiger partial charge in [-0.05, 0) is 42.5 Å². The van der Waals surface area contributed by atoms with E-state index >= 15 is 0 Å². The van der Waals surface area contributed by atoms with E-state index in [1.165, 1.54) is 0 Å². The molecule has 1 saturated carbocycles. The van der Waals surface area contributed by atoms with E-state index in [-0.39, 0.29) is 24.8 Å². The predicted octanol–water partition coefficient (Wildman–Crippen LogP) is 3.85. The van der Waals surface area contributed by atoms with Crippen LogP contribution in [0.15, 0.2) is 54.6 Å². The topological polar surface area (TPSA) is 101 Å². The SMILES string of the molecule is NC(=O)[C@H](CCC(=O)O)N(C(=O)c1ccc(-c2ccccc2)cc1)C1CCCCC1. The number of carboxylic acid groups (broad SMARTS) is 1. The van der Waals surface area contributed by atoms with Crippen LogP contribution < -0.4 is 5.73 Å². The number of carbonyl (C=O) groups excluding carboxylic acids is 2. The number of amides is 2. The number of carbonyl (C=O) groups is 3. The van der Waals surface area contributed by atoms with E-state index in [4.69, 9.17) is 10.8 Å². The van der Waals surface area contributed by atoms with Crippen LogP contribution in [0.3, 0.4) is 0 Å². The number of carboxylic acids is 1. The summed E-state index contributed by atoms with van der Waals surface area (Å²) < 4.78 is 0. The Morgan fingerprint density at radius 1 is 0.933 bits per heavy atom. The van der Waals surface area contributed by atoms with Gasteiger partial charge < -0.3 is 15.7 Å². The number of primary amides is 1. The maximum absolute atomic E-state index is 13.5. The fourth-order valence-corrected chi connectivity index (χ4v) is 4.18. The van der Waals surface area contributed by atoms with E-state index in [2.05, 4.69) is 0 Å². The maximum Gasteiger partial charge on any atom is 0.303 e. The Labute approximate surface area is 176 Å². The zero-order valence-electron chi connectivity index (χ0n) is 17.0. The summed E-state index contributed by atoms with van der Waals surface area (Å²) in [6.45, 7) is 0. The lowest BCUT2D eigenvalue weighted by molar-refractivity contribution is -0.137. The molecular formula is C24H28N2O4. The summed E-state index contributed by atoms with van der Waals surface area (Å²) in [5.74, 6) is -1.93. The lowest BCUT2D eigenvalue weighted by atomic mass is 9.91. The fraction of sp³-hybridized carbons (Fsp3) is 0.375. The molecular weight excluding hydrogens is 380 g/mol. The van der Waals surface area contributed by atoms with Crippen LogP contribution in [-0.4, -0.2) is 39.9 Å². The van der Waals surface area contributed by atoms with E-state index in [1.807, 2.05) is 42.5 Å². The first-order valence-electron chi connectivity index (χ1n) is 10.5. The van der Waals surface area contributed by atoms with Crippen molar-refractivity contribution in [2.24, 2.45) is 5.73 Å². The van der Waals surface area contributed by atoms with Crippen LogP contribution in [0.4, 0.5) is 0 Å². The summed E-state index contributed by atoms with van der Waals surface area (Å²) in [6.07, 6.45) is 4.46. The molecule has 3 N–H and O–H groups in total. The molecule has 1 fully saturated rings. The van der Waals surface area contributed by atoms with Gasteiger partial charge in [-0.25, -0.2) is 0 Å². The van der Waals surface area contributed by atoms with Crippen molar-refractivity contribution in [3.05, 3.63) is 60.2 Å². The molecule has 6 nitrogen and oxygen atoms in total. The second-order valence-corrected chi connectivity index (χ2v) is 7.80. The van der Waals surface area contributed by atoms with Gasteiger partial charge in [0.25, 0.3) is 5.91 Å². The van der Waals surface area contributed by atoms with E-state index in [9.17, 15) is 14.4 Å². The standard InChI is InChI=1S/C24H28N2O4/c25-23(29)21(15-16-22(27)28)26(20-9-5-2-6-10-20)24(30)19-13-11-18(12-14-19)17-7-3-1-4-8-17/h1,3-4,7-8,11-14,20-21H,2,5-6,9-10,15-16H2,(H2,25,29)(H,27,28)/t21-/m0/s1. The third kappa shape index (κ3) is 5.26. The molecule has 30 heavy (non-hydrogen) atoms. The Kier molecular flexibility index (Phi) is 7.22. The van der Waals surface area contributed by atoms with Gasteiger partial charge in [-0.1, -0.05) is 61.7 Å². The highest BCUT2D eigenvalue weighted by atomic mass is 16.4. The van der Waals surface area contributed by atoms with Crippen molar-refractivity contribution >= 4 is 17.8 Å². The molecule has 0 radical (unpaired) electrons. The zero-order chi connectivity index (χ0) is 21.5. The average Bonchev–Trinajstić information content (AvgIpc) is 2.77. The van der Waals surface area contributed by atoms with E-state index in [0.717, 1.165) is 43.2 Å². The minimum absolute atomic E-state index is 0.0228. The lowest BCUT2D eigenvalue weighted by Gasteiger charge is -2.38. The quantitative estimate of drug-likeness (QED) is 0.693. The van der Waals surface area contributed by atoms with Gasteiger partial charge in [-0.2, -0.15) is 0 Å². The van der Waals surface area contributed by atoms with Gasteiger partial charge in [0.05, 0.1) is 0 Å². The first-order valence-corrected chi connectivity index (χ1v) is 10.5. The Bertz CT molecular complexity index is 874. The van der Waals surface area contributed by atoms with Gasteiger partial charge in [0.15, 0.2) is 0 Å². The molecule has 3 rings (SSSR count). The summed E-state index contributed by atoms with van der Waals surface area (Å²) in [5, 5.41) is 9.08. The molecule has 2 amide bonds. The molecule has 2 aromatic carbocycles. The summed E-state index contributed by atoms with van der Waals surface area (Å²) in [7, 11) is 0. The lowest BCUT2D eigenvalue weighted by Crippen LogP contribution is -2.53. The highest BCUT2D eigenvalue weighted by Gasteiger charge is 2.35. The number of hydrogen-bond acceptors (Lipinski definition) is 3. The minimum atomic E-state index is -1.01. The van der Waals surface area contributed by atoms with Gasteiger partial charge in [-0.3, -0.25) is 14.4 Å². The number of benzene rings is 2. The third-order valence-corrected chi connectivity index (χ3v) is 5.74. The van der Waals surface area contributed by atoms with E-state index < -0.39 is 17.9 Å². The zero-order valence-corrected chi connectivity index (χ0v) is 17.0. The molecule has 2 aromatic rings. The highest BCUT2D eigenvalue weighted by molar-refractivity contribution is 5.98. The van der Waals surface area contributed by atoms with Crippen molar-refractivity contribution in [1.29, 1.82) is 0 Å². The second-order valence-electron chi connectivity index (χ2n) is 7.80. The molecule has 0 heterocycles. The molecule has 1 aliphatic rings. The van der Waals surface area contributed by atoms with Crippen LogP contribution >= 0.6 is 0 Å². The molecule has 1 atom stereocenters. The van der Waals surface area contributed by atoms with Crippen molar-refractivity contribution in [3.63, 3.8) is 0 Å². The Balaban J connectivity index is 1.88. The molecule has 0 saturated heterocycles. The summed E-state index contributed by atoms with van der Waals surface area (Å²) in [4.78, 5) is 38.3. The molecule has 0 unspecified atom stereocenters. The molecule has 0 spiro atoms. The molecule has 0 aliphatic heterocycles. The van der Waals surface area contributed by atoms with Crippen molar-refractivity contribution in [2.45, 2.75) is 57.0 Å². The molecule has 6 heteroatoms. The smallest absolute Gasteiger partial charge is 0.303 e. The molecule has 0 bridgehead atoms. The summed E-state index contributed by atoms with van der Waals surface area (Å²) >= 11 is 0. The Hall–Kier alpha value is -3.15. The molecule has 1 aliphatic carbocycles. The number of aliphatic carboxylic acids is 1. The van der Waals surface area contributed by atoms with Gasteiger partial charge in [0.2, 0.25) is 5.91 Å². The van der Waals surface area contributed by atoms with Crippen LogP contribution in [0.5, 0.6) is 0 Å². The molecule has 0 aromatic heterocycles. The van der Waals surface area contributed by atoms with Crippen molar-refractivity contribution < 1.29 is 19.5 Å². The predicted molar refractivity (Wildman–Crippen MR) is 115 cm³/mol. The first kappa shape index (κ1) is 21.6. The van der Waals surface area contributed by atoms with Crippen molar-refractivity contribution in [2.75, 3.05) is 0 Å². The Morgan fingerprint density at radius 2 is 1.53 bits per heavy atom.